The molecular weight excluding hydrogens is 166 g/mol. The Labute approximate surface area is 79.5 Å². The van der Waals surface area contributed by atoms with E-state index in [0.29, 0.717) is 0 Å². The van der Waals surface area contributed by atoms with E-state index < -0.39 is 6.04 Å². The van der Waals surface area contributed by atoms with Crippen molar-refractivity contribution in [3.8, 4) is 0 Å². The van der Waals surface area contributed by atoms with E-state index in [-0.39, 0.29) is 11.9 Å². The van der Waals surface area contributed by atoms with E-state index in [9.17, 15) is 4.79 Å². The third-order valence-corrected chi connectivity index (χ3v) is 2.38. The quantitative estimate of drug-likeness (QED) is 0.612. The van der Waals surface area contributed by atoms with Crippen LogP contribution in [0.3, 0.4) is 0 Å². The molecule has 0 aliphatic carbocycles. The minimum atomic E-state index is -0.396. The number of nitrogens with one attached hydrogen (secondary N) is 1. The molecule has 0 bridgehead atoms. The molecule has 0 aromatic heterocycles. The van der Waals surface area contributed by atoms with Crippen molar-refractivity contribution in [1.29, 1.82) is 0 Å². The van der Waals surface area contributed by atoms with Crippen molar-refractivity contribution < 1.29 is 4.79 Å². The van der Waals surface area contributed by atoms with E-state index >= 15 is 0 Å². The third-order valence-electron chi connectivity index (χ3n) is 2.38. The molecule has 1 amide bonds. The van der Waals surface area contributed by atoms with Crippen LogP contribution < -0.4 is 11.1 Å². The van der Waals surface area contributed by atoms with Crippen LogP contribution in [0.2, 0.25) is 0 Å². The van der Waals surface area contributed by atoms with Gasteiger partial charge in [0.05, 0.1) is 6.04 Å². The van der Waals surface area contributed by atoms with Crippen LogP contribution in [0.1, 0.15) is 19.8 Å². The van der Waals surface area contributed by atoms with E-state index in [1.54, 1.807) is 6.92 Å². The predicted molar refractivity (Wildman–Crippen MR) is 52.3 cm³/mol. The highest BCUT2D eigenvalue weighted by molar-refractivity contribution is 5.81. The summed E-state index contributed by atoms with van der Waals surface area (Å²) in [5, 5.41) is 2.94. The highest BCUT2D eigenvalue weighted by atomic mass is 16.2. The molecule has 1 rings (SSSR count). The van der Waals surface area contributed by atoms with Gasteiger partial charge in [-0.15, -0.1) is 0 Å². The Morgan fingerprint density at radius 1 is 1.69 bits per heavy atom. The lowest BCUT2D eigenvalue weighted by molar-refractivity contribution is -0.123. The Kier molecular flexibility index (Phi) is 3.69. The van der Waals surface area contributed by atoms with Crippen LogP contribution in [0.15, 0.2) is 0 Å². The number of likely N-dealkylation sites (tertiary alicyclic amines) is 1. The van der Waals surface area contributed by atoms with Gasteiger partial charge in [0, 0.05) is 12.6 Å². The van der Waals surface area contributed by atoms with Gasteiger partial charge in [-0.3, -0.25) is 4.79 Å². The molecule has 4 heteroatoms. The van der Waals surface area contributed by atoms with Gasteiger partial charge in [-0.2, -0.15) is 0 Å². The van der Waals surface area contributed by atoms with Crippen molar-refractivity contribution in [3.63, 3.8) is 0 Å². The van der Waals surface area contributed by atoms with Gasteiger partial charge in [0.2, 0.25) is 5.91 Å². The van der Waals surface area contributed by atoms with Crippen LogP contribution in [0.5, 0.6) is 0 Å². The molecule has 1 heterocycles. The zero-order valence-corrected chi connectivity index (χ0v) is 8.42. The van der Waals surface area contributed by atoms with Gasteiger partial charge < -0.3 is 16.0 Å². The molecule has 0 spiro atoms. The largest absolute Gasteiger partial charge is 0.351 e. The highest BCUT2D eigenvalue weighted by Crippen LogP contribution is 2.07. The topological polar surface area (TPSA) is 58.4 Å². The monoisotopic (exact) mass is 185 g/mol. The number of hydrogen-bond donors (Lipinski definition) is 2. The first-order valence-electron chi connectivity index (χ1n) is 4.84. The summed E-state index contributed by atoms with van der Waals surface area (Å²) in [5.41, 5.74) is 5.46. The molecule has 1 saturated heterocycles. The first kappa shape index (κ1) is 10.5. The maximum Gasteiger partial charge on any atom is 0.236 e. The fraction of sp³-hybridized carbons (Fsp3) is 0.889. The molecule has 1 unspecified atom stereocenters. The first-order valence-corrected chi connectivity index (χ1v) is 4.84. The first-order chi connectivity index (χ1) is 6.09. The van der Waals surface area contributed by atoms with E-state index in [2.05, 4.69) is 17.3 Å². The van der Waals surface area contributed by atoms with Gasteiger partial charge in [-0.1, -0.05) is 0 Å². The molecule has 0 saturated carbocycles. The number of piperidine rings is 1. The molecule has 0 aromatic carbocycles. The van der Waals surface area contributed by atoms with E-state index in [4.69, 9.17) is 5.73 Å². The lowest BCUT2D eigenvalue weighted by Crippen LogP contribution is -2.50. The van der Waals surface area contributed by atoms with E-state index in [1.165, 1.54) is 0 Å². The Bertz CT molecular complexity index is 182. The molecule has 1 fully saturated rings. The van der Waals surface area contributed by atoms with Gasteiger partial charge in [0.1, 0.15) is 0 Å². The summed E-state index contributed by atoms with van der Waals surface area (Å²) in [6.45, 7) is 3.78. The number of nitrogens with zero attached hydrogens (tertiary/aromatic N) is 1. The fourth-order valence-corrected chi connectivity index (χ4v) is 1.62. The summed E-state index contributed by atoms with van der Waals surface area (Å²) in [4.78, 5) is 13.5. The molecule has 1 aliphatic heterocycles. The Hall–Kier alpha value is -0.610. The van der Waals surface area contributed by atoms with Crippen LogP contribution in [-0.4, -0.2) is 43.0 Å². The van der Waals surface area contributed by atoms with Crippen LogP contribution in [0, 0.1) is 0 Å². The SMILES string of the molecule is C[C@H](N)C(=O)NC1CCCN(C)C1. The van der Waals surface area contributed by atoms with Crippen LogP contribution >= 0.6 is 0 Å². The predicted octanol–water partition coefficient (Wildman–Crippen LogP) is -0.456. The van der Waals surface area contributed by atoms with Crippen molar-refractivity contribution in [1.82, 2.24) is 10.2 Å². The summed E-state index contributed by atoms with van der Waals surface area (Å²) in [6, 6.07) is -0.107. The Balaban J connectivity index is 2.31. The summed E-state index contributed by atoms with van der Waals surface area (Å²) in [6.07, 6.45) is 2.23. The third kappa shape index (κ3) is 3.32. The summed E-state index contributed by atoms with van der Waals surface area (Å²) >= 11 is 0. The van der Waals surface area contributed by atoms with Gasteiger partial charge in [0.25, 0.3) is 0 Å². The number of likely N-dealkylation sites (N-methyl/N-ethyl adjacent to an activating group) is 1. The molecule has 2 atom stereocenters. The average molecular weight is 185 g/mol. The fourth-order valence-electron chi connectivity index (χ4n) is 1.62. The molecule has 0 radical (unpaired) electrons. The van der Waals surface area contributed by atoms with E-state index in [0.717, 1.165) is 25.9 Å². The zero-order valence-electron chi connectivity index (χ0n) is 8.42. The molecule has 3 N–H and O–H groups in total. The maximum absolute atomic E-state index is 11.3. The summed E-state index contributed by atoms with van der Waals surface area (Å²) in [5.74, 6) is -0.0414. The van der Waals surface area contributed by atoms with Crippen molar-refractivity contribution in [3.05, 3.63) is 0 Å². The lowest BCUT2D eigenvalue weighted by Gasteiger charge is -2.30. The van der Waals surface area contributed by atoms with Crippen molar-refractivity contribution in [2.75, 3.05) is 20.1 Å². The second-order valence-corrected chi connectivity index (χ2v) is 3.90. The molecule has 0 aromatic rings. The second kappa shape index (κ2) is 4.58. The van der Waals surface area contributed by atoms with Gasteiger partial charge in [0.15, 0.2) is 0 Å². The minimum absolute atomic E-state index is 0.0414. The number of carbonyl (C=O) groups is 1. The van der Waals surface area contributed by atoms with Crippen LogP contribution in [0.25, 0.3) is 0 Å². The number of carbonyl (C=O) groups excluding carboxylic acids is 1. The Morgan fingerprint density at radius 2 is 2.38 bits per heavy atom. The highest BCUT2D eigenvalue weighted by Gasteiger charge is 2.19. The number of hydrogen-bond acceptors (Lipinski definition) is 3. The second-order valence-electron chi connectivity index (χ2n) is 3.90. The normalized spacial score (nSPS) is 26.8. The van der Waals surface area contributed by atoms with Crippen LogP contribution in [0.4, 0.5) is 0 Å². The molecule has 13 heavy (non-hydrogen) atoms. The lowest BCUT2D eigenvalue weighted by atomic mass is 10.1. The number of rotatable bonds is 2. The summed E-state index contributed by atoms with van der Waals surface area (Å²) in [7, 11) is 2.07. The number of amides is 1. The van der Waals surface area contributed by atoms with E-state index in [1.807, 2.05) is 0 Å². The number of nitrogens with two attached hydrogens (primary N) is 1. The smallest absolute Gasteiger partial charge is 0.236 e. The Morgan fingerprint density at radius 3 is 2.92 bits per heavy atom. The van der Waals surface area contributed by atoms with Crippen molar-refractivity contribution in [2.45, 2.75) is 31.8 Å². The molecule has 4 nitrogen and oxygen atoms in total. The van der Waals surface area contributed by atoms with Crippen LogP contribution in [-0.2, 0) is 4.79 Å². The zero-order chi connectivity index (χ0) is 9.84. The molecule has 76 valence electrons. The van der Waals surface area contributed by atoms with Crippen molar-refractivity contribution in [2.24, 2.45) is 5.73 Å². The molecule has 1 aliphatic rings. The van der Waals surface area contributed by atoms with Gasteiger partial charge in [-0.05, 0) is 33.4 Å². The maximum atomic E-state index is 11.3. The standard InChI is InChI=1S/C9H19N3O/c1-7(10)9(13)11-8-4-3-5-12(2)6-8/h7-8H,3-6,10H2,1-2H3,(H,11,13)/t7-,8?/m0/s1. The van der Waals surface area contributed by atoms with Gasteiger partial charge >= 0.3 is 0 Å². The van der Waals surface area contributed by atoms with Gasteiger partial charge in [-0.25, -0.2) is 0 Å². The summed E-state index contributed by atoms with van der Waals surface area (Å²) < 4.78 is 0. The minimum Gasteiger partial charge on any atom is -0.351 e. The van der Waals surface area contributed by atoms with Crippen molar-refractivity contribution >= 4 is 5.91 Å². The average Bonchev–Trinajstić information content (AvgIpc) is 2.04. The molecular formula is C9H19N3O.